The molecule has 188 valence electrons. The molecule has 0 amide bonds. The summed E-state index contributed by atoms with van der Waals surface area (Å²) >= 11 is 0. The van der Waals surface area contributed by atoms with Gasteiger partial charge in [-0.2, -0.15) is 13.2 Å². The second kappa shape index (κ2) is 11.9. The van der Waals surface area contributed by atoms with E-state index in [-0.39, 0.29) is 11.4 Å². The molecule has 0 aliphatic heterocycles. The number of hydrogen-bond acceptors (Lipinski definition) is 0. The monoisotopic (exact) mass is 500 g/mol. The Labute approximate surface area is 215 Å². The SMILES string of the molecule is C/C=C/CCc1ccc(C#Cc2ccc3c(F)c(CCc4ccc(CC(F)(F)F)cc4)ccc3c2)cc1. The molecule has 0 nitrogen and oxygen atoms in total. The van der Waals surface area contributed by atoms with Gasteiger partial charge in [0, 0.05) is 16.5 Å². The predicted octanol–water partition coefficient (Wildman–Crippen LogP) is 8.78. The van der Waals surface area contributed by atoms with Gasteiger partial charge >= 0.3 is 6.18 Å². The van der Waals surface area contributed by atoms with Crippen LogP contribution < -0.4 is 0 Å². The highest BCUT2D eigenvalue weighted by Crippen LogP contribution is 2.25. The average molecular weight is 501 g/mol. The van der Waals surface area contributed by atoms with Crippen LogP contribution in [0.2, 0.25) is 0 Å². The van der Waals surface area contributed by atoms with Crippen molar-refractivity contribution in [2.75, 3.05) is 0 Å². The standard InChI is InChI=1S/C33H28F4/c1-2-3-4-5-24-6-8-25(9-7-24)10-13-27-17-21-31-30(22-27)20-19-29(32(31)34)18-16-26-11-14-28(15-12-26)23-33(35,36)37/h2-3,6-9,11-12,14-15,17,19-22H,4-5,16,18,23H2,1H3/b3-2+. The van der Waals surface area contributed by atoms with E-state index in [4.69, 9.17) is 0 Å². The summed E-state index contributed by atoms with van der Waals surface area (Å²) < 4.78 is 52.8. The van der Waals surface area contributed by atoms with Crippen molar-refractivity contribution >= 4 is 10.8 Å². The third kappa shape index (κ3) is 7.57. The molecule has 4 aromatic rings. The van der Waals surface area contributed by atoms with Gasteiger partial charge in [0.1, 0.15) is 5.82 Å². The maximum absolute atomic E-state index is 15.2. The fourth-order valence-electron chi connectivity index (χ4n) is 4.26. The molecular weight excluding hydrogens is 472 g/mol. The zero-order valence-electron chi connectivity index (χ0n) is 20.7. The lowest BCUT2D eigenvalue weighted by molar-refractivity contribution is -0.127. The van der Waals surface area contributed by atoms with Gasteiger partial charge in [-0.3, -0.25) is 0 Å². The van der Waals surface area contributed by atoms with E-state index in [9.17, 15) is 13.2 Å². The highest BCUT2D eigenvalue weighted by atomic mass is 19.4. The molecule has 0 saturated carbocycles. The van der Waals surface area contributed by atoms with Gasteiger partial charge in [-0.25, -0.2) is 4.39 Å². The Morgan fingerprint density at radius 3 is 2.03 bits per heavy atom. The first-order chi connectivity index (χ1) is 17.8. The molecule has 0 heterocycles. The topological polar surface area (TPSA) is 0 Å². The second-order valence-electron chi connectivity index (χ2n) is 9.14. The van der Waals surface area contributed by atoms with Crippen molar-refractivity contribution < 1.29 is 17.6 Å². The van der Waals surface area contributed by atoms with Gasteiger partial charge in [0.05, 0.1) is 6.42 Å². The van der Waals surface area contributed by atoms with Crippen LogP contribution >= 0.6 is 0 Å². The summed E-state index contributed by atoms with van der Waals surface area (Å²) in [4.78, 5) is 0. The van der Waals surface area contributed by atoms with E-state index in [1.165, 1.54) is 17.7 Å². The minimum atomic E-state index is -4.22. The van der Waals surface area contributed by atoms with Crippen LogP contribution in [0.3, 0.4) is 0 Å². The number of fused-ring (bicyclic) bond motifs is 1. The highest BCUT2D eigenvalue weighted by Gasteiger charge is 2.27. The van der Waals surface area contributed by atoms with Crippen molar-refractivity contribution in [1.29, 1.82) is 0 Å². The molecule has 4 aromatic carbocycles. The summed E-state index contributed by atoms with van der Waals surface area (Å²) in [5.41, 5.74) is 4.71. The van der Waals surface area contributed by atoms with Crippen LogP contribution in [0, 0.1) is 17.7 Å². The molecule has 0 saturated heterocycles. The quantitative estimate of drug-likeness (QED) is 0.135. The van der Waals surface area contributed by atoms with Gasteiger partial charge in [0.25, 0.3) is 0 Å². The Morgan fingerprint density at radius 1 is 0.703 bits per heavy atom. The molecule has 0 fully saturated rings. The Morgan fingerprint density at radius 2 is 1.32 bits per heavy atom. The van der Waals surface area contributed by atoms with E-state index in [0.29, 0.717) is 23.8 Å². The van der Waals surface area contributed by atoms with E-state index >= 15 is 4.39 Å². The van der Waals surface area contributed by atoms with Crippen molar-refractivity contribution in [3.63, 3.8) is 0 Å². The highest BCUT2D eigenvalue weighted by molar-refractivity contribution is 5.85. The lowest BCUT2D eigenvalue weighted by atomic mass is 9.98. The van der Waals surface area contributed by atoms with Crippen LogP contribution in [0.1, 0.15) is 46.7 Å². The maximum Gasteiger partial charge on any atom is 0.393 e. The van der Waals surface area contributed by atoms with Crippen molar-refractivity contribution in [1.82, 2.24) is 0 Å². The van der Waals surface area contributed by atoms with Crippen molar-refractivity contribution in [2.24, 2.45) is 0 Å². The minimum Gasteiger partial charge on any atom is -0.206 e. The van der Waals surface area contributed by atoms with Gasteiger partial charge in [0.15, 0.2) is 0 Å². The molecule has 0 atom stereocenters. The largest absolute Gasteiger partial charge is 0.393 e. The number of allylic oxidation sites excluding steroid dienone is 2. The van der Waals surface area contributed by atoms with Crippen LogP contribution in [-0.4, -0.2) is 6.18 Å². The molecule has 0 unspecified atom stereocenters. The predicted molar refractivity (Wildman–Crippen MR) is 143 cm³/mol. The van der Waals surface area contributed by atoms with Crippen molar-refractivity contribution in [3.05, 3.63) is 130 Å². The van der Waals surface area contributed by atoms with Crippen LogP contribution in [0.25, 0.3) is 10.8 Å². The fourth-order valence-corrected chi connectivity index (χ4v) is 4.26. The van der Waals surface area contributed by atoms with Crippen molar-refractivity contribution in [3.8, 4) is 11.8 Å². The Balaban J connectivity index is 1.42. The number of halogens is 4. The van der Waals surface area contributed by atoms with E-state index in [1.807, 2.05) is 37.3 Å². The smallest absolute Gasteiger partial charge is 0.206 e. The summed E-state index contributed by atoms with van der Waals surface area (Å²) in [5.74, 6) is 6.09. The molecule has 0 bridgehead atoms. The summed E-state index contributed by atoms with van der Waals surface area (Å²) in [5, 5.41) is 1.32. The first-order valence-corrected chi connectivity index (χ1v) is 12.4. The lowest BCUT2D eigenvalue weighted by Crippen LogP contribution is -2.11. The molecular formula is C33H28F4. The number of hydrogen-bond donors (Lipinski definition) is 0. The lowest BCUT2D eigenvalue weighted by Gasteiger charge is -2.09. The molecule has 0 radical (unpaired) electrons. The third-order valence-corrected chi connectivity index (χ3v) is 6.29. The third-order valence-electron chi connectivity index (χ3n) is 6.29. The Bertz CT molecular complexity index is 1430. The van der Waals surface area contributed by atoms with Gasteiger partial charge in [-0.1, -0.05) is 78.6 Å². The molecule has 37 heavy (non-hydrogen) atoms. The molecule has 0 aliphatic carbocycles. The van der Waals surface area contributed by atoms with E-state index in [0.717, 1.165) is 34.9 Å². The fraction of sp³-hybridized carbons (Fsp3) is 0.212. The first-order valence-electron chi connectivity index (χ1n) is 12.4. The number of rotatable bonds is 7. The van der Waals surface area contributed by atoms with Gasteiger partial charge < -0.3 is 0 Å². The molecule has 4 heteroatoms. The molecule has 0 N–H and O–H groups in total. The summed E-state index contributed by atoms with van der Waals surface area (Å²) in [7, 11) is 0. The number of aryl methyl sites for hydroxylation is 3. The summed E-state index contributed by atoms with van der Waals surface area (Å²) in [6.45, 7) is 2.02. The van der Waals surface area contributed by atoms with Gasteiger partial charge in [-0.05, 0) is 84.5 Å². The number of alkyl halides is 3. The summed E-state index contributed by atoms with van der Waals surface area (Å²) in [6, 6.07) is 23.7. The first kappa shape index (κ1) is 26.2. The van der Waals surface area contributed by atoms with Crippen LogP contribution in [-0.2, 0) is 25.7 Å². The molecule has 0 aliphatic rings. The van der Waals surface area contributed by atoms with E-state index < -0.39 is 12.6 Å². The van der Waals surface area contributed by atoms with E-state index in [2.05, 4.69) is 36.1 Å². The Hall–Kier alpha value is -3.84. The maximum atomic E-state index is 15.2. The molecule has 0 aromatic heterocycles. The Kier molecular flexibility index (Phi) is 8.46. The zero-order valence-corrected chi connectivity index (χ0v) is 20.7. The van der Waals surface area contributed by atoms with Crippen molar-refractivity contribution in [2.45, 2.75) is 45.2 Å². The zero-order chi connectivity index (χ0) is 26.3. The average Bonchev–Trinajstić information content (AvgIpc) is 2.88. The minimum absolute atomic E-state index is 0.226. The van der Waals surface area contributed by atoms with Gasteiger partial charge in [0.2, 0.25) is 0 Å². The summed E-state index contributed by atoms with van der Waals surface area (Å²) in [6.07, 6.45) is 2.09. The van der Waals surface area contributed by atoms with Crippen LogP contribution in [0.4, 0.5) is 17.6 Å². The van der Waals surface area contributed by atoms with Crippen LogP contribution in [0.15, 0.2) is 91.0 Å². The second-order valence-corrected chi connectivity index (χ2v) is 9.14. The number of benzene rings is 4. The van der Waals surface area contributed by atoms with Gasteiger partial charge in [-0.15, -0.1) is 0 Å². The molecule has 4 rings (SSSR count). The van der Waals surface area contributed by atoms with Crippen LogP contribution in [0.5, 0.6) is 0 Å². The normalized spacial score (nSPS) is 11.6. The van der Waals surface area contributed by atoms with E-state index in [1.54, 1.807) is 24.3 Å². The molecule has 0 spiro atoms.